The van der Waals surface area contributed by atoms with E-state index >= 15 is 0 Å². The van der Waals surface area contributed by atoms with Crippen LogP contribution in [0.4, 0.5) is 5.69 Å². The number of benzene rings is 1. The van der Waals surface area contributed by atoms with E-state index in [0.717, 1.165) is 41.2 Å². The largest absolute Gasteiger partial charge is 0.491 e. The molecule has 16 heavy (non-hydrogen) atoms. The van der Waals surface area contributed by atoms with Gasteiger partial charge in [-0.05, 0) is 0 Å². The predicted octanol–water partition coefficient (Wildman–Crippen LogP) is 1.47. The van der Waals surface area contributed by atoms with Gasteiger partial charge in [0, 0.05) is 31.0 Å². The zero-order valence-corrected chi connectivity index (χ0v) is 9.09. The lowest BCUT2D eigenvalue weighted by molar-refractivity contribution is 0.355. The van der Waals surface area contributed by atoms with Crippen LogP contribution in [0, 0.1) is 11.3 Å². The maximum atomic E-state index is 9.22. The molecule has 0 aliphatic carbocycles. The first kappa shape index (κ1) is 9.34. The fourth-order valence-corrected chi connectivity index (χ4v) is 2.49. The monoisotopic (exact) mass is 216 g/mol. The average molecular weight is 216 g/mol. The van der Waals surface area contributed by atoms with Crippen LogP contribution in [0.1, 0.15) is 16.7 Å². The maximum absolute atomic E-state index is 9.22. The van der Waals surface area contributed by atoms with Gasteiger partial charge < -0.3 is 14.8 Å². The van der Waals surface area contributed by atoms with E-state index in [0.29, 0.717) is 18.8 Å². The van der Waals surface area contributed by atoms with Gasteiger partial charge in [0.15, 0.2) is 0 Å². The van der Waals surface area contributed by atoms with E-state index < -0.39 is 0 Å². The fourth-order valence-electron chi connectivity index (χ4n) is 2.49. The Bertz CT molecular complexity index is 468. The summed E-state index contributed by atoms with van der Waals surface area (Å²) in [5.74, 6) is 1.61. The molecule has 0 atom stereocenters. The third-order valence-electron chi connectivity index (χ3n) is 3.16. The first-order valence-corrected chi connectivity index (χ1v) is 5.42. The minimum atomic E-state index is 0.654. The number of nitrogens with zero attached hydrogens (tertiary/aromatic N) is 1. The molecule has 0 spiro atoms. The number of nitrogens with one attached hydrogen (secondary N) is 1. The minimum Gasteiger partial charge on any atom is -0.491 e. The Morgan fingerprint density at radius 3 is 2.50 bits per heavy atom. The number of hydrogen-bond acceptors (Lipinski definition) is 4. The lowest BCUT2D eigenvalue weighted by Crippen LogP contribution is -1.99. The SMILES string of the molecule is CNc1c2c(c(C#N)c3c1OCC3)OCC2. The summed E-state index contributed by atoms with van der Waals surface area (Å²) in [4.78, 5) is 0. The van der Waals surface area contributed by atoms with Crippen molar-refractivity contribution in [3.05, 3.63) is 16.7 Å². The summed E-state index contributed by atoms with van der Waals surface area (Å²) in [7, 11) is 1.88. The Balaban J connectivity index is 2.35. The van der Waals surface area contributed by atoms with Crippen LogP contribution in [-0.4, -0.2) is 20.3 Å². The third kappa shape index (κ3) is 1.03. The molecule has 0 saturated carbocycles. The van der Waals surface area contributed by atoms with Crippen LogP contribution in [-0.2, 0) is 12.8 Å². The van der Waals surface area contributed by atoms with Crippen molar-refractivity contribution in [3.63, 3.8) is 0 Å². The third-order valence-corrected chi connectivity index (χ3v) is 3.16. The second-order valence-corrected chi connectivity index (χ2v) is 3.92. The van der Waals surface area contributed by atoms with Gasteiger partial charge in [0.25, 0.3) is 0 Å². The smallest absolute Gasteiger partial charge is 0.147 e. The zero-order valence-electron chi connectivity index (χ0n) is 9.09. The summed E-state index contributed by atoms with van der Waals surface area (Å²) >= 11 is 0. The van der Waals surface area contributed by atoms with Crippen LogP contribution < -0.4 is 14.8 Å². The molecule has 0 radical (unpaired) electrons. The number of nitriles is 1. The van der Waals surface area contributed by atoms with E-state index in [-0.39, 0.29) is 0 Å². The molecule has 4 heteroatoms. The Hall–Kier alpha value is -1.89. The molecular weight excluding hydrogens is 204 g/mol. The van der Waals surface area contributed by atoms with Crippen molar-refractivity contribution >= 4 is 5.69 Å². The molecule has 82 valence electrons. The summed E-state index contributed by atoms with van der Waals surface area (Å²) in [6, 6.07) is 2.25. The highest BCUT2D eigenvalue weighted by Crippen LogP contribution is 2.46. The maximum Gasteiger partial charge on any atom is 0.147 e. The fraction of sp³-hybridized carbons (Fsp3) is 0.417. The first-order valence-electron chi connectivity index (χ1n) is 5.42. The van der Waals surface area contributed by atoms with Crippen LogP contribution in [0.25, 0.3) is 0 Å². The normalized spacial score (nSPS) is 15.8. The van der Waals surface area contributed by atoms with Crippen LogP contribution in [0.15, 0.2) is 0 Å². The van der Waals surface area contributed by atoms with E-state index in [2.05, 4.69) is 11.4 Å². The number of hydrogen-bond donors (Lipinski definition) is 1. The quantitative estimate of drug-likeness (QED) is 0.772. The molecule has 1 aromatic carbocycles. The van der Waals surface area contributed by atoms with E-state index in [4.69, 9.17) is 9.47 Å². The number of anilines is 1. The second-order valence-electron chi connectivity index (χ2n) is 3.92. The van der Waals surface area contributed by atoms with Gasteiger partial charge in [0.05, 0.1) is 18.9 Å². The number of fused-ring (bicyclic) bond motifs is 2. The average Bonchev–Trinajstić information content (AvgIpc) is 2.93. The number of ether oxygens (including phenoxy) is 2. The molecule has 4 nitrogen and oxygen atoms in total. The van der Waals surface area contributed by atoms with E-state index in [1.807, 2.05) is 7.05 Å². The topological polar surface area (TPSA) is 54.3 Å². The Labute approximate surface area is 93.8 Å². The van der Waals surface area contributed by atoms with Gasteiger partial charge in [-0.3, -0.25) is 0 Å². The minimum absolute atomic E-state index is 0.654. The molecule has 1 N–H and O–H groups in total. The van der Waals surface area contributed by atoms with Crippen molar-refractivity contribution in [2.24, 2.45) is 0 Å². The lowest BCUT2D eigenvalue weighted by Gasteiger charge is -2.13. The molecule has 0 amide bonds. The molecule has 2 aliphatic rings. The van der Waals surface area contributed by atoms with Gasteiger partial charge in [0.2, 0.25) is 0 Å². The molecule has 3 rings (SSSR count). The van der Waals surface area contributed by atoms with Gasteiger partial charge in [-0.2, -0.15) is 5.26 Å². The first-order chi connectivity index (χ1) is 7.86. The highest BCUT2D eigenvalue weighted by atomic mass is 16.5. The molecule has 0 aromatic heterocycles. The Morgan fingerprint density at radius 1 is 1.12 bits per heavy atom. The molecule has 0 fully saturated rings. The molecule has 0 bridgehead atoms. The van der Waals surface area contributed by atoms with Crippen molar-refractivity contribution in [3.8, 4) is 17.6 Å². The van der Waals surface area contributed by atoms with E-state index in [1.165, 1.54) is 0 Å². The lowest BCUT2D eigenvalue weighted by atomic mass is 9.98. The molecule has 2 aliphatic heterocycles. The van der Waals surface area contributed by atoms with Crippen LogP contribution >= 0.6 is 0 Å². The van der Waals surface area contributed by atoms with E-state index in [1.54, 1.807) is 0 Å². The second kappa shape index (κ2) is 3.31. The van der Waals surface area contributed by atoms with Gasteiger partial charge in [-0.15, -0.1) is 0 Å². The molecular formula is C12H12N2O2. The predicted molar refractivity (Wildman–Crippen MR) is 59.1 cm³/mol. The number of rotatable bonds is 1. The standard InChI is InChI=1S/C12H12N2O2/c1-14-10-8-3-5-15-11(8)9(6-13)7-2-4-16-12(7)10/h14H,2-5H2,1H3. The molecule has 1 aromatic rings. The summed E-state index contributed by atoms with van der Waals surface area (Å²) in [5, 5.41) is 12.4. The Morgan fingerprint density at radius 2 is 1.81 bits per heavy atom. The van der Waals surface area contributed by atoms with Gasteiger partial charge >= 0.3 is 0 Å². The molecule has 0 saturated heterocycles. The van der Waals surface area contributed by atoms with Crippen LogP contribution in [0.2, 0.25) is 0 Å². The van der Waals surface area contributed by atoms with Crippen molar-refractivity contribution in [1.82, 2.24) is 0 Å². The van der Waals surface area contributed by atoms with Crippen molar-refractivity contribution in [1.29, 1.82) is 5.26 Å². The molecule has 2 heterocycles. The van der Waals surface area contributed by atoms with Gasteiger partial charge in [-0.25, -0.2) is 0 Å². The van der Waals surface area contributed by atoms with Crippen molar-refractivity contribution in [2.45, 2.75) is 12.8 Å². The van der Waals surface area contributed by atoms with E-state index in [9.17, 15) is 5.26 Å². The molecule has 0 unspecified atom stereocenters. The highest BCUT2D eigenvalue weighted by molar-refractivity contribution is 5.76. The van der Waals surface area contributed by atoms with Crippen molar-refractivity contribution < 1.29 is 9.47 Å². The summed E-state index contributed by atoms with van der Waals surface area (Å²) in [6.07, 6.45) is 1.64. The van der Waals surface area contributed by atoms with Crippen LogP contribution in [0.3, 0.4) is 0 Å². The van der Waals surface area contributed by atoms with Gasteiger partial charge in [0.1, 0.15) is 23.1 Å². The van der Waals surface area contributed by atoms with Gasteiger partial charge in [-0.1, -0.05) is 0 Å². The van der Waals surface area contributed by atoms with Crippen LogP contribution in [0.5, 0.6) is 11.5 Å². The summed E-state index contributed by atoms with van der Waals surface area (Å²) in [6.45, 7) is 1.31. The van der Waals surface area contributed by atoms with Crippen molar-refractivity contribution in [2.75, 3.05) is 25.6 Å². The highest BCUT2D eigenvalue weighted by Gasteiger charge is 2.30. The zero-order chi connectivity index (χ0) is 11.1. The summed E-state index contributed by atoms with van der Waals surface area (Å²) < 4.78 is 11.2. The Kier molecular flexibility index (Phi) is 1.93. The summed E-state index contributed by atoms with van der Waals surface area (Å²) in [5.41, 5.74) is 3.74.